The Morgan fingerprint density at radius 2 is 2.23 bits per heavy atom. The van der Waals surface area contributed by atoms with Gasteiger partial charge in [0.15, 0.2) is 0 Å². The van der Waals surface area contributed by atoms with Crippen LogP contribution in [0.25, 0.3) is 0 Å². The topological polar surface area (TPSA) is 106 Å². The predicted octanol–water partition coefficient (Wildman–Crippen LogP) is 2.62. The second kappa shape index (κ2) is 7.45. The van der Waals surface area contributed by atoms with Gasteiger partial charge in [0.05, 0.1) is 6.61 Å². The first-order valence-electron chi connectivity index (χ1n) is 8.39. The van der Waals surface area contributed by atoms with Crippen molar-refractivity contribution in [2.24, 2.45) is 17.6 Å². The monoisotopic (exact) mass is 380 g/mol. The molecule has 1 aromatic rings. The van der Waals surface area contributed by atoms with Gasteiger partial charge in [-0.15, -0.1) is 0 Å². The van der Waals surface area contributed by atoms with Gasteiger partial charge >= 0.3 is 6.03 Å². The van der Waals surface area contributed by atoms with Crippen molar-refractivity contribution in [3.8, 4) is 5.88 Å². The van der Waals surface area contributed by atoms with Crippen LogP contribution in [0.3, 0.4) is 0 Å². The molecule has 7 nitrogen and oxygen atoms in total. The van der Waals surface area contributed by atoms with E-state index in [1.54, 1.807) is 18.2 Å². The van der Waals surface area contributed by atoms with Crippen molar-refractivity contribution in [2.45, 2.75) is 25.4 Å². The Kier molecular flexibility index (Phi) is 5.26. The van der Waals surface area contributed by atoms with E-state index in [-0.39, 0.29) is 23.1 Å². The maximum atomic E-state index is 14.4. The summed E-state index contributed by atoms with van der Waals surface area (Å²) in [4.78, 5) is 23.7. The van der Waals surface area contributed by atoms with Crippen LogP contribution in [0.2, 0.25) is 0 Å². The highest BCUT2D eigenvalue weighted by atomic mass is 32.1. The Hall–Kier alpha value is -2.42. The van der Waals surface area contributed by atoms with Crippen molar-refractivity contribution in [1.82, 2.24) is 9.69 Å². The van der Waals surface area contributed by atoms with E-state index < -0.39 is 23.5 Å². The molecule has 0 aromatic carbocycles. The van der Waals surface area contributed by atoms with E-state index in [9.17, 15) is 14.0 Å². The fraction of sp³-hybridized carbons (Fsp3) is 0.471. The maximum absolute atomic E-state index is 14.4. The number of alkyl halides is 1. The molecule has 0 bridgehead atoms. The third-order valence-corrected chi connectivity index (χ3v) is 5.13. The molecular formula is C17H21FN4O3S. The number of nitrogens with one attached hydrogen (secondary N) is 2. The number of anilines is 1. The molecule has 1 heterocycles. The van der Waals surface area contributed by atoms with E-state index in [0.717, 1.165) is 24.4 Å². The number of hydrogen-bond donors (Lipinski definition) is 3. The van der Waals surface area contributed by atoms with Crippen LogP contribution in [0.1, 0.15) is 30.1 Å². The summed E-state index contributed by atoms with van der Waals surface area (Å²) >= 11 is 0.896. The third-order valence-electron chi connectivity index (χ3n) is 4.38. The van der Waals surface area contributed by atoms with Crippen LogP contribution in [0.5, 0.6) is 5.88 Å². The van der Waals surface area contributed by atoms with Crippen LogP contribution in [0, 0.1) is 11.8 Å². The second-order valence-corrected chi connectivity index (χ2v) is 7.42. The van der Waals surface area contributed by atoms with Crippen molar-refractivity contribution in [2.75, 3.05) is 18.5 Å². The first-order valence-corrected chi connectivity index (χ1v) is 9.16. The number of amides is 3. The molecular weight excluding hydrogens is 359 g/mol. The Labute approximate surface area is 154 Å². The van der Waals surface area contributed by atoms with E-state index in [0.29, 0.717) is 12.5 Å². The Bertz CT molecular complexity index is 755. The van der Waals surface area contributed by atoms with Crippen molar-refractivity contribution in [3.63, 3.8) is 0 Å². The summed E-state index contributed by atoms with van der Waals surface area (Å²) in [6.45, 7) is 2.04. The lowest BCUT2D eigenvalue weighted by atomic mass is 9.88. The number of rotatable bonds is 7. The van der Waals surface area contributed by atoms with E-state index in [1.807, 2.05) is 0 Å². The fourth-order valence-corrected chi connectivity index (χ4v) is 3.26. The molecule has 1 fully saturated rings. The van der Waals surface area contributed by atoms with E-state index >= 15 is 0 Å². The lowest BCUT2D eigenvalue weighted by molar-refractivity contribution is 0.0992. The van der Waals surface area contributed by atoms with Gasteiger partial charge in [0, 0.05) is 12.5 Å². The molecule has 26 heavy (non-hydrogen) atoms. The number of nitrogens with zero attached hydrogens (tertiary/aromatic N) is 1. The lowest BCUT2D eigenvalue weighted by Crippen LogP contribution is -2.32. The van der Waals surface area contributed by atoms with Crippen LogP contribution in [-0.4, -0.2) is 35.1 Å². The molecule has 2 aliphatic carbocycles. The summed E-state index contributed by atoms with van der Waals surface area (Å²) in [5.41, 5.74) is 3.85. The number of allylic oxidation sites excluding steroid dienone is 3. The molecule has 140 valence electrons. The summed E-state index contributed by atoms with van der Waals surface area (Å²) in [6, 6.07) is -0.425. The highest BCUT2D eigenvalue weighted by Crippen LogP contribution is 2.33. The molecule has 0 aliphatic heterocycles. The average Bonchev–Trinajstić information content (AvgIpc) is 3.32. The third kappa shape index (κ3) is 4.40. The molecule has 1 aromatic heterocycles. The predicted molar refractivity (Wildman–Crippen MR) is 97.2 cm³/mol. The zero-order valence-electron chi connectivity index (χ0n) is 14.3. The van der Waals surface area contributed by atoms with Crippen molar-refractivity contribution in [3.05, 3.63) is 29.9 Å². The van der Waals surface area contributed by atoms with Gasteiger partial charge in [-0.2, -0.15) is 4.37 Å². The number of carbonyl (C=O) groups excluding carboxylic acids is 2. The van der Waals surface area contributed by atoms with Crippen LogP contribution >= 0.6 is 11.5 Å². The highest BCUT2D eigenvalue weighted by Gasteiger charge is 2.33. The van der Waals surface area contributed by atoms with Gasteiger partial charge in [0.25, 0.3) is 5.91 Å². The average molecular weight is 380 g/mol. The zero-order chi connectivity index (χ0) is 18.7. The summed E-state index contributed by atoms with van der Waals surface area (Å²) in [6.07, 6.45) is 8.75. The summed E-state index contributed by atoms with van der Waals surface area (Å²) in [5, 5.41) is 5.52. The number of nitrogens with two attached hydrogens (primary N) is 1. The minimum Gasteiger partial charge on any atom is -0.476 e. The van der Waals surface area contributed by atoms with Gasteiger partial charge in [-0.25, -0.2) is 9.18 Å². The first kappa shape index (κ1) is 18.4. The highest BCUT2D eigenvalue weighted by molar-refractivity contribution is 7.11. The number of aromatic nitrogens is 1. The van der Waals surface area contributed by atoms with Gasteiger partial charge < -0.3 is 15.8 Å². The molecule has 2 unspecified atom stereocenters. The van der Waals surface area contributed by atoms with Crippen molar-refractivity contribution >= 4 is 28.5 Å². The molecule has 0 spiro atoms. The molecule has 4 N–H and O–H groups in total. The molecule has 3 rings (SSSR count). The molecule has 3 amide bonds. The van der Waals surface area contributed by atoms with Gasteiger partial charge in [0.1, 0.15) is 16.2 Å². The molecule has 2 atom stereocenters. The number of halogens is 1. The van der Waals surface area contributed by atoms with Crippen LogP contribution in [0.4, 0.5) is 14.2 Å². The van der Waals surface area contributed by atoms with E-state index in [2.05, 4.69) is 15.0 Å². The Balaban J connectivity index is 1.64. The number of urea groups is 1. The van der Waals surface area contributed by atoms with Crippen LogP contribution in [0.15, 0.2) is 24.3 Å². The smallest absolute Gasteiger partial charge is 0.319 e. The van der Waals surface area contributed by atoms with Gasteiger partial charge in [-0.3, -0.25) is 10.1 Å². The first-order chi connectivity index (χ1) is 12.4. The van der Waals surface area contributed by atoms with Crippen LogP contribution < -0.4 is 21.1 Å². The Morgan fingerprint density at radius 1 is 1.46 bits per heavy atom. The van der Waals surface area contributed by atoms with Gasteiger partial charge in [-0.1, -0.05) is 18.2 Å². The maximum Gasteiger partial charge on any atom is 0.319 e. The SMILES string of the molecule is CC1(F)C=CC=CC1COc1nsc(NC(=O)NCC2CC2)c1C(N)=O. The van der Waals surface area contributed by atoms with Gasteiger partial charge in [-0.05, 0) is 43.3 Å². The minimum atomic E-state index is -1.55. The van der Waals surface area contributed by atoms with Crippen molar-refractivity contribution < 1.29 is 18.7 Å². The number of ether oxygens (including phenoxy) is 1. The normalized spacial score (nSPS) is 24.3. The molecule has 1 saturated carbocycles. The van der Waals surface area contributed by atoms with E-state index in [1.165, 1.54) is 13.0 Å². The second-order valence-electron chi connectivity index (χ2n) is 6.65. The minimum absolute atomic E-state index is 0.00116. The molecule has 2 aliphatic rings. The molecule has 9 heteroatoms. The Morgan fingerprint density at radius 3 is 2.88 bits per heavy atom. The van der Waals surface area contributed by atoms with E-state index in [4.69, 9.17) is 10.5 Å². The quantitative estimate of drug-likeness (QED) is 0.676. The fourth-order valence-electron chi connectivity index (χ4n) is 2.52. The molecule has 0 saturated heterocycles. The van der Waals surface area contributed by atoms with Crippen molar-refractivity contribution in [1.29, 1.82) is 0 Å². The number of hydrogen-bond acceptors (Lipinski definition) is 5. The van der Waals surface area contributed by atoms with Gasteiger partial charge in [0.2, 0.25) is 5.88 Å². The number of primary amides is 1. The summed E-state index contributed by atoms with van der Waals surface area (Å²) in [5.74, 6) is -0.760. The lowest BCUT2D eigenvalue weighted by Gasteiger charge is -2.26. The molecule has 0 radical (unpaired) electrons. The number of carbonyl (C=O) groups is 2. The summed E-state index contributed by atoms with van der Waals surface area (Å²) < 4.78 is 24.0. The largest absolute Gasteiger partial charge is 0.476 e. The zero-order valence-corrected chi connectivity index (χ0v) is 15.1. The standard InChI is InChI=1S/C17H21FN4O3S/c1-17(18)7-3-2-4-11(17)9-25-14-12(13(19)23)15(26-22-14)21-16(24)20-8-10-5-6-10/h2-4,7,10-11H,5-6,8-9H2,1H3,(H2,19,23)(H2,20,21,24). The van der Waals surface area contributed by atoms with Crippen LogP contribution in [-0.2, 0) is 0 Å². The summed E-state index contributed by atoms with van der Waals surface area (Å²) in [7, 11) is 0.